The van der Waals surface area contributed by atoms with Crippen molar-refractivity contribution in [2.75, 3.05) is 20.0 Å². The first-order chi connectivity index (χ1) is 9.79. The lowest BCUT2D eigenvalue weighted by Crippen LogP contribution is -2.15. The van der Waals surface area contributed by atoms with Crippen LogP contribution in [0.25, 0.3) is 0 Å². The summed E-state index contributed by atoms with van der Waals surface area (Å²) in [6.07, 6.45) is -0.159. The summed E-state index contributed by atoms with van der Waals surface area (Å²) < 4.78 is 33.8. The van der Waals surface area contributed by atoms with Crippen molar-refractivity contribution in [3.05, 3.63) is 29.3 Å². The number of methoxy groups -OCH3 is 2. The molecule has 0 fully saturated rings. The molecule has 0 aromatic heterocycles. The standard InChI is InChI=1S/C14H21NO5S/c1-10(15)11-4-5-13(19-2)12(8-11)9-21(17,18)7-6-14(16)20-3/h4-5,8,10H,6-7,9,15H2,1-3H3. The molecule has 118 valence electrons. The van der Waals surface area contributed by atoms with Crippen molar-refractivity contribution in [2.24, 2.45) is 5.73 Å². The average Bonchev–Trinajstić information content (AvgIpc) is 2.44. The number of esters is 1. The number of hydrogen-bond donors (Lipinski definition) is 1. The van der Waals surface area contributed by atoms with E-state index in [2.05, 4.69) is 4.74 Å². The average molecular weight is 315 g/mol. The van der Waals surface area contributed by atoms with Crippen molar-refractivity contribution in [1.29, 1.82) is 0 Å². The number of hydrogen-bond acceptors (Lipinski definition) is 6. The van der Waals surface area contributed by atoms with Gasteiger partial charge < -0.3 is 15.2 Å². The molecule has 2 N–H and O–H groups in total. The summed E-state index contributed by atoms with van der Waals surface area (Å²) in [7, 11) is -0.733. The third-order valence-electron chi connectivity index (χ3n) is 3.05. The number of carbonyl (C=O) groups excluding carboxylic acids is 1. The van der Waals surface area contributed by atoms with Gasteiger partial charge in [-0.05, 0) is 24.6 Å². The Morgan fingerprint density at radius 3 is 2.52 bits per heavy atom. The predicted molar refractivity (Wildman–Crippen MR) is 79.7 cm³/mol. The maximum absolute atomic E-state index is 12.1. The van der Waals surface area contributed by atoms with E-state index in [-0.39, 0.29) is 24.0 Å². The second-order valence-electron chi connectivity index (χ2n) is 4.78. The molecule has 1 atom stereocenters. The van der Waals surface area contributed by atoms with Crippen molar-refractivity contribution < 1.29 is 22.7 Å². The first-order valence-electron chi connectivity index (χ1n) is 6.48. The van der Waals surface area contributed by atoms with Gasteiger partial charge in [-0.3, -0.25) is 4.79 Å². The molecule has 0 saturated heterocycles. The number of benzene rings is 1. The zero-order chi connectivity index (χ0) is 16.0. The Labute approximate surface area is 125 Å². The van der Waals surface area contributed by atoms with Crippen LogP contribution in [0.2, 0.25) is 0 Å². The SMILES string of the molecule is COC(=O)CCS(=O)(=O)Cc1cc(C(C)N)ccc1OC. The summed E-state index contributed by atoms with van der Waals surface area (Å²) in [6.45, 7) is 1.82. The van der Waals surface area contributed by atoms with E-state index in [0.29, 0.717) is 11.3 Å². The minimum Gasteiger partial charge on any atom is -0.496 e. The van der Waals surface area contributed by atoms with E-state index in [4.69, 9.17) is 10.5 Å². The first kappa shape index (κ1) is 17.5. The van der Waals surface area contributed by atoms with Gasteiger partial charge in [0, 0.05) is 11.6 Å². The van der Waals surface area contributed by atoms with Gasteiger partial charge in [0.25, 0.3) is 0 Å². The molecule has 21 heavy (non-hydrogen) atoms. The summed E-state index contributed by atoms with van der Waals surface area (Å²) in [5.74, 6) is -0.519. The molecule has 0 saturated carbocycles. The van der Waals surface area contributed by atoms with E-state index in [1.54, 1.807) is 18.2 Å². The van der Waals surface area contributed by atoms with E-state index in [1.807, 2.05) is 6.92 Å². The van der Waals surface area contributed by atoms with Gasteiger partial charge in [0.1, 0.15) is 5.75 Å². The van der Waals surface area contributed by atoms with Crippen LogP contribution >= 0.6 is 0 Å². The minimum absolute atomic E-state index is 0.159. The molecular formula is C14H21NO5S. The summed E-state index contributed by atoms with van der Waals surface area (Å²) in [6, 6.07) is 5.02. The lowest BCUT2D eigenvalue weighted by molar-refractivity contribution is -0.140. The van der Waals surface area contributed by atoms with Gasteiger partial charge in [0.2, 0.25) is 0 Å². The van der Waals surface area contributed by atoms with Crippen LogP contribution in [0.5, 0.6) is 5.75 Å². The highest BCUT2D eigenvalue weighted by Gasteiger charge is 2.18. The molecule has 1 aromatic carbocycles. The van der Waals surface area contributed by atoms with Crippen molar-refractivity contribution >= 4 is 15.8 Å². The third kappa shape index (κ3) is 5.35. The maximum Gasteiger partial charge on any atom is 0.306 e. The molecule has 6 nitrogen and oxygen atoms in total. The van der Waals surface area contributed by atoms with Gasteiger partial charge in [0.05, 0.1) is 32.1 Å². The van der Waals surface area contributed by atoms with Crippen molar-refractivity contribution in [3.8, 4) is 5.75 Å². The lowest BCUT2D eigenvalue weighted by Gasteiger charge is -2.13. The number of carbonyl (C=O) groups is 1. The topological polar surface area (TPSA) is 95.7 Å². The summed E-state index contributed by atoms with van der Waals surface area (Å²) in [4.78, 5) is 11.0. The smallest absolute Gasteiger partial charge is 0.306 e. The van der Waals surface area contributed by atoms with Crippen molar-refractivity contribution in [1.82, 2.24) is 0 Å². The van der Waals surface area contributed by atoms with Crippen LogP contribution in [0.4, 0.5) is 0 Å². The molecule has 0 heterocycles. The summed E-state index contributed by atoms with van der Waals surface area (Å²) in [5, 5.41) is 0. The van der Waals surface area contributed by atoms with Gasteiger partial charge in [-0.25, -0.2) is 8.42 Å². The third-order valence-corrected chi connectivity index (χ3v) is 4.63. The molecule has 0 aliphatic rings. The molecule has 0 bridgehead atoms. The molecule has 0 radical (unpaired) electrons. The van der Waals surface area contributed by atoms with Gasteiger partial charge in [-0.15, -0.1) is 0 Å². The second kappa shape index (κ2) is 7.42. The first-order valence-corrected chi connectivity index (χ1v) is 8.31. The normalized spacial score (nSPS) is 12.8. The van der Waals surface area contributed by atoms with E-state index in [9.17, 15) is 13.2 Å². The molecule has 1 unspecified atom stereocenters. The van der Waals surface area contributed by atoms with E-state index in [0.717, 1.165) is 5.56 Å². The lowest BCUT2D eigenvalue weighted by atomic mass is 10.1. The Kier molecular flexibility index (Phi) is 6.17. The van der Waals surface area contributed by atoms with Crippen molar-refractivity contribution in [3.63, 3.8) is 0 Å². The molecular weight excluding hydrogens is 294 g/mol. The van der Waals surface area contributed by atoms with Crippen LogP contribution in [0.3, 0.4) is 0 Å². The number of rotatable bonds is 7. The molecule has 7 heteroatoms. The zero-order valence-electron chi connectivity index (χ0n) is 12.5. The molecule has 1 rings (SSSR count). The van der Waals surface area contributed by atoms with Gasteiger partial charge in [0.15, 0.2) is 9.84 Å². The fourth-order valence-electron chi connectivity index (χ4n) is 1.84. The quantitative estimate of drug-likeness (QED) is 0.759. The molecule has 0 aliphatic carbocycles. The van der Waals surface area contributed by atoms with Crippen LogP contribution in [0, 0.1) is 0 Å². The van der Waals surface area contributed by atoms with Crippen LogP contribution < -0.4 is 10.5 Å². The number of sulfone groups is 1. The van der Waals surface area contributed by atoms with Crippen LogP contribution in [-0.2, 0) is 25.1 Å². The molecule has 0 aliphatic heterocycles. The van der Waals surface area contributed by atoms with Crippen molar-refractivity contribution in [2.45, 2.75) is 25.1 Å². The fourth-order valence-corrected chi connectivity index (χ4v) is 3.17. The van der Waals surface area contributed by atoms with Crippen LogP contribution in [-0.4, -0.2) is 34.4 Å². The van der Waals surface area contributed by atoms with E-state index in [1.165, 1.54) is 14.2 Å². The highest BCUT2D eigenvalue weighted by Crippen LogP contribution is 2.24. The zero-order valence-corrected chi connectivity index (χ0v) is 13.3. The Morgan fingerprint density at radius 1 is 1.33 bits per heavy atom. The fraction of sp³-hybridized carbons (Fsp3) is 0.500. The molecule has 0 spiro atoms. The van der Waals surface area contributed by atoms with Gasteiger partial charge in [-0.2, -0.15) is 0 Å². The summed E-state index contributed by atoms with van der Waals surface area (Å²) in [5.41, 5.74) is 7.17. The van der Waals surface area contributed by atoms with Gasteiger partial charge >= 0.3 is 5.97 Å². The monoisotopic (exact) mass is 315 g/mol. The highest BCUT2D eigenvalue weighted by atomic mass is 32.2. The van der Waals surface area contributed by atoms with Gasteiger partial charge in [-0.1, -0.05) is 6.07 Å². The van der Waals surface area contributed by atoms with E-state index >= 15 is 0 Å². The van der Waals surface area contributed by atoms with Crippen LogP contribution in [0.1, 0.15) is 30.5 Å². The number of nitrogens with two attached hydrogens (primary N) is 1. The Balaban J connectivity index is 2.94. The highest BCUT2D eigenvalue weighted by molar-refractivity contribution is 7.90. The molecule has 0 amide bonds. The second-order valence-corrected chi connectivity index (χ2v) is 6.96. The minimum atomic E-state index is -3.44. The number of ether oxygens (including phenoxy) is 2. The van der Waals surface area contributed by atoms with Crippen LogP contribution in [0.15, 0.2) is 18.2 Å². The Hall–Kier alpha value is -1.60. The maximum atomic E-state index is 12.1. The predicted octanol–water partition coefficient (Wildman–Crippen LogP) is 1.19. The van der Waals surface area contributed by atoms with E-state index < -0.39 is 15.8 Å². The largest absolute Gasteiger partial charge is 0.496 e. The Bertz CT molecular complexity index is 595. The molecule has 1 aromatic rings. The Morgan fingerprint density at radius 2 is 2.00 bits per heavy atom. The summed E-state index contributed by atoms with van der Waals surface area (Å²) >= 11 is 0.